The second-order valence-electron chi connectivity index (χ2n) is 8.65. The number of aromatic nitrogens is 1. The number of hydrogen-bond donors (Lipinski definition) is 3. The van der Waals surface area contributed by atoms with E-state index in [1.54, 1.807) is 21.3 Å². The van der Waals surface area contributed by atoms with Crippen molar-refractivity contribution in [2.24, 2.45) is 0 Å². The van der Waals surface area contributed by atoms with E-state index in [-0.39, 0.29) is 0 Å². The standard InChI is InChI=1S/C28H28N2O6/c1-33-23-11-17(12-24(34-2)27(23)35-3)25-26-20(14-22(30-25)28(31)32)19-13-18(9-10-21(19)29-26)36-15-16-7-5-4-6-8-16/h4-13,22,25,29-30H,14-15H2,1-3H3,(H,31,32)/t22-,25+/m0/s1. The molecule has 0 radical (unpaired) electrons. The monoisotopic (exact) mass is 488 g/mol. The summed E-state index contributed by atoms with van der Waals surface area (Å²) < 4.78 is 22.6. The van der Waals surface area contributed by atoms with Gasteiger partial charge in [0.05, 0.1) is 27.4 Å². The van der Waals surface area contributed by atoms with E-state index in [4.69, 9.17) is 18.9 Å². The topological polar surface area (TPSA) is 102 Å². The Morgan fingerprint density at radius 2 is 1.69 bits per heavy atom. The van der Waals surface area contributed by atoms with Gasteiger partial charge in [-0.3, -0.25) is 10.1 Å². The molecule has 0 fully saturated rings. The zero-order chi connectivity index (χ0) is 25.2. The lowest BCUT2D eigenvalue weighted by Gasteiger charge is -2.30. The van der Waals surface area contributed by atoms with Crippen LogP contribution in [0, 0.1) is 0 Å². The summed E-state index contributed by atoms with van der Waals surface area (Å²) in [6.07, 6.45) is 0.341. The number of fused-ring (bicyclic) bond motifs is 3. The van der Waals surface area contributed by atoms with Crippen molar-refractivity contribution in [3.8, 4) is 23.0 Å². The molecule has 0 saturated carbocycles. The molecule has 1 aliphatic rings. The van der Waals surface area contributed by atoms with E-state index in [9.17, 15) is 9.90 Å². The fourth-order valence-corrected chi connectivity index (χ4v) is 4.78. The lowest BCUT2D eigenvalue weighted by atomic mass is 9.90. The highest BCUT2D eigenvalue weighted by Gasteiger charge is 2.35. The zero-order valence-corrected chi connectivity index (χ0v) is 20.3. The molecule has 0 unspecified atom stereocenters. The lowest BCUT2D eigenvalue weighted by molar-refractivity contribution is -0.139. The number of aliphatic carboxylic acids is 1. The van der Waals surface area contributed by atoms with E-state index in [0.717, 1.165) is 39.0 Å². The van der Waals surface area contributed by atoms with Crippen LogP contribution in [0.15, 0.2) is 60.7 Å². The second kappa shape index (κ2) is 9.83. The normalized spacial score (nSPS) is 16.9. The number of carboxylic acid groups (broad SMARTS) is 1. The number of hydrogen-bond acceptors (Lipinski definition) is 6. The summed E-state index contributed by atoms with van der Waals surface area (Å²) in [7, 11) is 4.66. The van der Waals surface area contributed by atoms with Crippen LogP contribution in [0.3, 0.4) is 0 Å². The first-order valence-electron chi connectivity index (χ1n) is 11.6. The van der Waals surface area contributed by atoms with Crippen molar-refractivity contribution in [1.29, 1.82) is 0 Å². The van der Waals surface area contributed by atoms with Gasteiger partial charge in [0.25, 0.3) is 0 Å². The minimum absolute atomic E-state index is 0.341. The zero-order valence-electron chi connectivity index (χ0n) is 20.3. The molecule has 3 N–H and O–H groups in total. The number of methoxy groups -OCH3 is 3. The maximum Gasteiger partial charge on any atom is 0.321 e. The molecule has 1 aliphatic heterocycles. The molecule has 0 bridgehead atoms. The van der Waals surface area contributed by atoms with Crippen molar-refractivity contribution in [2.45, 2.75) is 25.1 Å². The molecule has 3 aromatic carbocycles. The van der Waals surface area contributed by atoms with Crippen LogP contribution in [0.5, 0.6) is 23.0 Å². The quantitative estimate of drug-likeness (QED) is 0.337. The van der Waals surface area contributed by atoms with Gasteiger partial charge in [-0.2, -0.15) is 0 Å². The average Bonchev–Trinajstić information content (AvgIpc) is 3.28. The Hall–Kier alpha value is -4.17. The van der Waals surface area contributed by atoms with Crippen molar-refractivity contribution in [3.63, 3.8) is 0 Å². The van der Waals surface area contributed by atoms with Crippen molar-refractivity contribution < 1.29 is 28.8 Å². The molecule has 8 heteroatoms. The molecule has 0 spiro atoms. The number of ether oxygens (including phenoxy) is 4. The minimum atomic E-state index is -0.913. The van der Waals surface area contributed by atoms with E-state index in [1.807, 2.05) is 60.7 Å². The summed E-state index contributed by atoms with van der Waals surface area (Å²) in [4.78, 5) is 15.6. The van der Waals surface area contributed by atoms with Crippen LogP contribution in [0.1, 0.15) is 28.4 Å². The fraction of sp³-hybridized carbons (Fsp3) is 0.250. The first-order valence-corrected chi connectivity index (χ1v) is 11.6. The van der Waals surface area contributed by atoms with E-state index >= 15 is 0 Å². The molecular formula is C28H28N2O6. The summed E-state index contributed by atoms with van der Waals surface area (Å²) in [5.41, 5.74) is 4.63. The first kappa shape index (κ1) is 23.6. The van der Waals surface area contributed by atoms with E-state index < -0.39 is 18.1 Å². The van der Waals surface area contributed by atoms with Crippen molar-refractivity contribution in [1.82, 2.24) is 10.3 Å². The summed E-state index contributed by atoms with van der Waals surface area (Å²) in [6, 6.07) is 18.3. The number of carboxylic acids is 1. The molecule has 8 nitrogen and oxygen atoms in total. The SMILES string of the molecule is COc1cc([C@H]2N[C@H](C(=O)O)Cc3c2[nH]c2ccc(OCc4ccccc4)cc32)cc(OC)c1OC. The van der Waals surface area contributed by atoms with Crippen LogP contribution in [0.25, 0.3) is 10.9 Å². The van der Waals surface area contributed by atoms with Gasteiger partial charge < -0.3 is 29.0 Å². The number of nitrogens with one attached hydrogen (secondary N) is 2. The van der Waals surface area contributed by atoms with Crippen LogP contribution in [0.4, 0.5) is 0 Å². The van der Waals surface area contributed by atoms with E-state index in [0.29, 0.717) is 30.3 Å². The Morgan fingerprint density at radius 3 is 2.33 bits per heavy atom. The largest absolute Gasteiger partial charge is 0.493 e. The third-order valence-electron chi connectivity index (χ3n) is 6.54. The van der Waals surface area contributed by atoms with Gasteiger partial charge in [0.15, 0.2) is 11.5 Å². The van der Waals surface area contributed by atoms with Crippen LogP contribution in [-0.2, 0) is 17.8 Å². The van der Waals surface area contributed by atoms with Crippen LogP contribution >= 0.6 is 0 Å². The Kier molecular flexibility index (Phi) is 6.43. The van der Waals surface area contributed by atoms with Gasteiger partial charge in [-0.1, -0.05) is 30.3 Å². The molecule has 5 rings (SSSR count). The first-order chi connectivity index (χ1) is 17.5. The Labute approximate surface area is 208 Å². The molecule has 0 saturated heterocycles. The second-order valence-corrected chi connectivity index (χ2v) is 8.65. The van der Waals surface area contributed by atoms with Crippen LogP contribution in [0.2, 0.25) is 0 Å². The van der Waals surface area contributed by atoms with Gasteiger partial charge in [0.2, 0.25) is 5.75 Å². The molecule has 186 valence electrons. The summed E-state index contributed by atoms with van der Waals surface area (Å²) in [6.45, 7) is 0.451. The molecule has 0 aliphatic carbocycles. The third-order valence-corrected chi connectivity index (χ3v) is 6.54. The predicted molar refractivity (Wildman–Crippen MR) is 135 cm³/mol. The van der Waals surface area contributed by atoms with E-state index in [2.05, 4.69) is 10.3 Å². The lowest BCUT2D eigenvalue weighted by Crippen LogP contribution is -2.44. The maximum atomic E-state index is 12.1. The average molecular weight is 489 g/mol. The van der Waals surface area contributed by atoms with E-state index in [1.165, 1.54) is 0 Å². The molecular weight excluding hydrogens is 460 g/mol. The highest BCUT2D eigenvalue weighted by Crippen LogP contribution is 2.43. The number of benzene rings is 3. The highest BCUT2D eigenvalue weighted by atomic mass is 16.5. The fourth-order valence-electron chi connectivity index (χ4n) is 4.78. The van der Waals surface area contributed by atoms with Gasteiger partial charge in [0.1, 0.15) is 18.4 Å². The Morgan fingerprint density at radius 1 is 0.972 bits per heavy atom. The van der Waals surface area contributed by atoms with Gasteiger partial charge in [0, 0.05) is 23.0 Å². The van der Waals surface area contributed by atoms with Crippen molar-refractivity contribution in [3.05, 3.63) is 83.0 Å². The van der Waals surface area contributed by atoms with Gasteiger partial charge in [-0.25, -0.2) is 0 Å². The number of H-pyrrole nitrogens is 1. The molecule has 0 amide bonds. The smallest absolute Gasteiger partial charge is 0.321 e. The minimum Gasteiger partial charge on any atom is -0.493 e. The summed E-state index contributed by atoms with van der Waals surface area (Å²) >= 11 is 0. The molecule has 2 atom stereocenters. The Bertz CT molecular complexity index is 1370. The van der Waals surface area contributed by atoms with Crippen LogP contribution in [-0.4, -0.2) is 43.4 Å². The van der Waals surface area contributed by atoms with Gasteiger partial charge in [-0.05, 0) is 47.0 Å². The highest BCUT2D eigenvalue weighted by molar-refractivity contribution is 5.88. The molecule has 1 aromatic heterocycles. The number of carbonyl (C=O) groups is 1. The maximum absolute atomic E-state index is 12.1. The predicted octanol–water partition coefficient (Wildman–Crippen LogP) is 4.46. The summed E-state index contributed by atoms with van der Waals surface area (Å²) in [5, 5.41) is 14.1. The molecule has 4 aromatic rings. The number of rotatable bonds is 8. The number of aromatic amines is 1. The molecule has 2 heterocycles. The van der Waals surface area contributed by atoms with Crippen LogP contribution < -0.4 is 24.3 Å². The Balaban J connectivity index is 1.57. The summed E-state index contributed by atoms with van der Waals surface area (Å²) in [5.74, 6) is 1.29. The third kappa shape index (κ3) is 4.31. The van der Waals surface area contributed by atoms with Crippen molar-refractivity contribution in [2.75, 3.05) is 21.3 Å². The van der Waals surface area contributed by atoms with Gasteiger partial charge >= 0.3 is 5.97 Å². The van der Waals surface area contributed by atoms with Crippen molar-refractivity contribution >= 4 is 16.9 Å². The van der Waals surface area contributed by atoms with Gasteiger partial charge in [-0.15, -0.1) is 0 Å². The molecule has 36 heavy (non-hydrogen) atoms.